The van der Waals surface area contributed by atoms with Crippen molar-refractivity contribution in [2.24, 2.45) is 0 Å². The number of hydrogen-bond donors (Lipinski definition) is 0. The van der Waals surface area contributed by atoms with Crippen LogP contribution in [0, 0.1) is 13.8 Å². The second-order valence-electron chi connectivity index (χ2n) is 3.69. The van der Waals surface area contributed by atoms with Crippen LogP contribution in [0.4, 0.5) is 0 Å². The number of halogens is 1. The zero-order chi connectivity index (χ0) is 12.4. The Labute approximate surface area is 104 Å². The highest BCUT2D eigenvalue weighted by Gasteiger charge is 2.13. The summed E-state index contributed by atoms with van der Waals surface area (Å²) in [5, 5.41) is 0.170. The molecule has 86 valence electrons. The van der Waals surface area contributed by atoms with Crippen LogP contribution in [0.3, 0.4) is 0 Å². The maximum atomic E-state index is 11.0. The molecule has 0 atom stereocenters. The second kappa shape index (κ2) is 4.59. The van der Waals surface area contributed by atoms with Gasteiger partial charge in [0.2, 0.25) is 0 Å². The topological polar surface area (TPSA) is 55.7 Å². The molecule has 5 heteroatoms. The highest BCUT2D eigenvalue weighted by atomic mass is 35.5. The normalized spacial score (nSPS) is 10.3. The Morgan fingerprint density at radius 2 is 2.00 bits per heavy atom. The minimum atomic E-state index is 0.170. The van der Waals surface area contributed by atoms with Crippen LogP contribution in [0.15, 0.2) is 18.5 Å². The van der Waals surface area contributed by atoms with Gasteiger partial charge in [-0.15, -0.1) is 0 Å². The fourth-order valence-corrected chi connectivity index (χ4v) is 1.81. The summed E-state index contributed by atoms with van der Waals surface area (Å²) >= 11 is 5.92. The van der Waals surface area contributed by atoms with Crippen molar-refractivity contribution in [2.75, 3.05) is 0 Å². The molecule has 0 radical (unpaired) electrons. The van der Waals surface area contributed by atoms with Gasteiger partial charge in [-0.3, -0.25) is 9.78 Å². The molecule has 0 fully saturated rings. The number of aromatic nitrogens is 3. The molecule has 0 amide bonds. The number of carbonyl (C=O) groups excluding carboxylic acids is 1. The molecule has 17 heavy (non-hydrogen) atoms. The van der Waals surface area contributed by atoms with E-state index in [-0.39, 0.29) is 5.15 Å². The van der Waals surface area contributed by atoms with Crippen LogP contribution in [-0.2, 0) is 0 Å². The largest absolute Gasteiger partial charge is 0.298 e. The van der Waals surface area contributed by atoms with Gasteiger partial charge in [0, 0.05) is 18.0 Å². The molecule has 4 nitrogen and oxygen atoms in total. The van der Waals surface area contributed by atoms with Gasteiger partial charge in [0.25, 0.3) is 0 Å². The average Bonchev–Trinajstić information content (AvgIpc) is 2.28. The summed E-state index contributed by atoms with van der Waals surface area (Å²) in [4.78, 5) is 23.3. The van der Waals surface area contributed by atoms with Crippen LogP contribution in [-0.4, -0.2) is 21.2 Å². The SMILES string of the molecule is Cc1cncc(-c2nc(C)nc(Cl)c2C=O)c1. The fraction of sp³-hybridized carbons (Fsp3) is 0.167. The first kappa shape index (κ1) is 11.7. The molecule has 0 aromatic carbocycles. The molecule has 0 spiro atoms. The highest BCUT2D eigenvalue weighted by Crippen LogP contribution is 2.24. The third-order valence-electron chi connectivity index (χ3n) is 2.28. The number of carbonyl (C=O) groups is 1. The third kappa shape index (κ3) is 2.31. The molecule has 2 rings (SSSR count). The summed E-state index contributed by atoms with van der Waals surface area (Å²) < 4.78 is 0. The van der Waals surface area contributed by atoms with Gasteiger partial charge in [-0.05, 0) is 25.5 Å². The van der Waals surface area contributed by atoms with Crippen molar-refractivity contribution in [2.45, 2.75) is 13.8 Å². The first-order valence-electron chi connectivity index (χ1n) is 5.03. The predicted octanol–water partition coefficient (Wildman–Crippen LogP) is 2.62. The molecule has 0 N–H and O–H groups in total. The van der Waals surface area contributed by atoms with Crippen LogP contribution in [0.2, 0.25) is 5.15 Å². The first-order chi connectivity index (χ1) is 8.11. The number of aryl methyl sites for hydroxylation is 2. The van der Waals surface area contributed by atoms with Gasteiger partial charge in [-0.1, -0.05) is 11.6 Å². The minimum absolute atomic E-state index is 0.170. The quantitative estimate of drug-likeness (QED) is 0.605. The Morgan fingerprint density at radius 1 is 1.24 bits per heavy atom. The van der Waals surface area contributed by atoms with Gasteiger partial charge in [-0.2, -0.15) is 0 Å². The van der Waals surface area contributed by atoms with E-state index in [2.05, 4.69) is 15.0 Å². The Bertz CT molecular complexity index is 584. The lowest BCUT2D eigenvalue weighted by Crippen LogP contribution is -1.99. The summed E-state index contributed by atoms with van der Waals surface area (Å²) in [6.45, 7) is 3.65. The van der Waals surface area contributed by atoms with Crippen molar-refractivity contribution in [3.05, 3.63) is 40.6 Å². The number of pyridine rings is 1. The summed E-state index contributed by atoms with van der Waals surface area (Å²) in [5.74, 6) is 0.525. The summed E-state index contributed by atoms with van der Waals surface area (Å²) in [7, 11) is 0. The molecule has 0 bridgehead atoms. The number of nitrogens with zero attached hydrogens (tertiary/aromatic N) is 3. The lowest BCUT2D eigenvalue weighted by Gasteiger charge is -2.06. The summed E-state index contributed by atoms with van der Waals surface area (Å²) in [6.07, 6.45) is 4.05. The predicted molar refractivity (Wildman–Crippen MR) is 65.1 cm³/mol. The van der Waals surface area contributed by atoms with Gasteiger partial charge in [0.15, 0.2) is 6.29 Å². The summed E-state index contributed by atoms with van der Waals surface area (Å²) in [5.41, 5.74) is 2.57. The zero-order valence-electron chi connectivity index (χ0n) is 9.44. The third-order valence-corrected chi connectivity index (χ3v) is 2.57. The van der Waals surface area contributed by atoms with Crippen LogP contribution in [0.1, 0.15) is 21.7 Å². The van der Waals surface area contributed by atoms with E-state index in [9.17, 15) is 4.79 Å². The molecular formula is C12H10ClN3O. The van der Waals surface area contributed by atoms with Crippen molar-refractivity contribution in [1.29, 1.82) is 0 Å². The van der Waals surface area contributed by atoms with E-state index in [1.54, 1.807) is 19.3 Å². The van der Waals surface area contributed by atoms with Gasteiger partial charge < -0.3 is 0 Å². The summed E-state index contributed by atoms with van der Waals surface area (Å²) in [6, 6.07) is 1.90. The minimum Gasteiger partial charge on any atom is -0.298 e. The Balaban J connectivity index is 2.70. The first-order valence-corrected chi connectivity index (χ1v) is 5.41. The van der Waals surface area contributed by atoms with Crippen molar-refractivity contribution in [3.63, 3.8) is 0 Å². The van der Waals surface area contributed by atoms with E-state index in [1.807, 2.05) is 13.0 Å². The van der Waals surface area contributed by atoms with Crippen LogP contribution >= 0.6 is 11.6 Å². The monoisotopic (exact) mass is 247 g/mol. The van der Waals surface area contributed by atoms with Crippen molar-refractivity contribution < 1.29 is 4.79 Å². The van der Waals surface area contributed by atoms with Crippen molar-refractivity contribution in [1.82, 2.24) is 15.0 Å². The molecule has 0 saturated carbocycles. The van der Waals surface area contributed by atoms with E-state index in [4.69, 9.17) is 11.6 Å². The van der Waals surface area contributed by atoms with Crippen LogP contribution in [0.25, 0.3) is 11.3 Å². The molecule has 0 aliphatic rings. The molecule has 2 heterocycles. The van der Waals surface area contributed by atoms with Gasteiger partial charge in [-0.25, -0.2) is 9.97 Å². The lowest BCUT2D eigenvalue weighted by atomic mass is 10.1. The lowest BCUT2D eigenvalue weighted by molar-refractivity contribution is 0.112. The number of rotatable bonds is 2. The standard InChI is InChI=1S/C12H10ClN3O/c1-7-3-9(5-14-4-7)11-10(6-17)12(13)16-8(2)15-11/h3-6H,1-2H3. The van der Waals surface area contributed by atoms with E-state index < -0.39 is 0 Å². The average molecular weight is 248 g/mol. The molecule has 0 unspecified atom stereocenters. The van der Waals surface area contributed by atoms with Gasteiger partial charge >= 0.3 is 0 Å². The van der Waals surface area contributed by atoms with Crippen molar-refractivity contribution >= 4 is 17.9 Å². The Hall–Kier alpha value is -1.81. The van der Waals surface area contributed by atoms with E-state index in [1.165, 1.54) is 0 Å². The molecule has 2 aromatic heterocycles. The van der Waals surface area contributed by atoms with E-state index in [0.29, 0.717) is 23.4 Å². The van der Waals surface area contributed by atoms with E-state index >= 15 is 0 Å². The van der Waals surface area contributed by atoms with Crippen LogP contribution < -0.4 is 0 Å². The van der Waals surface area contributed by atoms with Gasteiger partial charge in [0.1, 0.15) is 11.0 Å². The smallest absolute Gasteiger partial charge is 0.155 e. The number of aldehydes is 1. The second-order valence-corrected chi connectivity index (χ2v) is 4.05. The maximum absolute atomic E-state index is 11.0. The fourth-order valence-electron chi connectivity index (χ4n) is 1.56. The van der Waals surface area contributed by atoms with Gasteiger partial charge in [0.05, 0.1) is 11.3 Å². The highest BCUT2D eigenvalue weighted by molar-refractivity contribution is 6.32. The molecule has 0 saturated heterocycles. The molecule has 2 aromatic rings. The molecular weight excluding hydrogens is 238 g/mol. The van der Waals surface area contributed by atoms with Crippen molar-refractivity contribution in [3.8, 4) is 11.3 Å². The Kier molecular flexibility index (Phi) is 3.15. The maximum Gasteiger partial charge on any atom is 0.155 e. The molecule has 0 aliphatic heterocycles. The molecule has 0 aliphatic carbocycles. The van der Waals surface area contributed by atoms with Crippen LogP contribution in [0.5, 0.6) is 0 Å². The zero-order valence-corrected chi connectivity index (χ0v) is 10.2. The number of hydrogen-bond acceptors (Lipinski definition) is 4. The Morgan fingerprint density at radius 3 is 2.65 bits per heavy atom. The van der Waals surface area contributed by atoms with E-state index in [0.717, 1.165) is 11.1 Å².